The highest BCUT2D eigenvalue weighted by Crippen LogP contribution is 2.31. The van der Waals surface area contributed by atoms with Crippen molar-refractivity contribution in [3.63, 3.8) is 0 Å². The molecule has 2 amide bonds. The van der Waals surface area contributed by atoms with Gasteiger partial charge in [-0.1, -0.05) is 77.7 Å². The number of nitro benzene ring substituents is 1. The van der Waals surface area contributed by atoms with Crippen molar-refractivity contribution in [2.24, 2.45) is 0 Å². The van der Waals surface area contributed by atoms with Crippen LogP contribution < -0.4 is 14.8 Å². The van der Waals surface area contributed by atoms with E-state index < -0.39 is 11.0 Å². The molecule has 0 saturated heterocycles. The summed E-state index contributed by atoms with van der Waals surface area (Å²) in [6.45, 7) is -0.169. The van der Waals surface area contributed by atoms with Gasteiger partial charge in [0.05, 0.1) is 12.0 Å². The average Bonchev–Trinajstić information content (AvgIpc) is 2.98. The smallest absolute Gasteiger partial charge is 0.311 e. The van der Waals surface area contributed by atoms with Crippen LogP contribution >= 0.6 is 15.9 Å². The Hall–Kier alpha value is -3.92. The topological polar surface area (TPSA) is 111 Å². The second kappa shape index (κ2) is 14.6. The van der Waals surface area contributed by atoms with Gasteiger partial charge < -0.3 is 19.7 Å². The predicted octanol–water partition coefficient (Wildman–Crippen LogP) is 5.83. The number of nitrogens with one attached hydrogen (secondary N) is 1. The lowest BCUT2D eigenvalue weighted by Gasteiger charge is -2.33. The van der Waals surface area contributed by atoms with E-state index in [4.69, 9.17) is 9.47 Å². The molecule has 0 radical (unpaired) electrons. The lowest BCUT2D eigenvalue weighted by Crippen LogP contribution is -2.53. The zero-order chi connectivity index (χ0) is 29.2. The molecular weight excluding hydrogens is 590 g/mol. The summed E-state index contributed by atoms with van der Waals surface area (Å²) in [5.74, 6) is -0.308. The maximum absolute atomic E-state index is 13.8. The van der Waals surface area contributed by atoms with E-state index in [1.807, 2.05) is 54.6 Å². The minimum absolute atomic E-state index is 0.0276. The van der Waals surface area contributed by atoms with E-state index in [1.165, 1.54) is 25.3 Å². The van der Waals surface area contributed by atoms with Crippen LogP contribution in [0.15, 0.2) is 77.3 Å². The largest absolute Gasteiger partial charge is 0.490 e. The molecule has 1 fully saturated rings. The summed E-state index contributed by atoms with van der Waals surface area (Å²) in [5, 5.41) is 14.5. The summed E-state index contributed by atoms with van der Waals surface area (Å²) in [5.41, 5.74) is 1.59. The van der Waals surface area contributed by atoms with Gasteiger partial charge in [-0.15, -0.1) is 0 Å². The normalized spacial score (nSPS) is 14.1. The number of hydrogen-bond donors (Lipinski definition) is 1. The molecule has 0 aromatic heterocycles. The van der Waals surface area contributed by atoms with Gasteiger partial charge in [-0.05, 0) is 42.2 Å². The molecule has 10 heteroatoms. The summed E-state index contributed by atoms with van der Waals surface area (Å²) in [4.78, 5) is 40.0. The van der Waals surface area contributed by atoms with Crippen molar-refractivity contribution in [3.05, 3.63) is 98.5 Å². The molecule has 1 aliphatic rings. The van der Waals surface area contributed by atoms with Gasteiger partial charge in [-0.3, -0.25) is 19.7 Å². The number of carbonyl (C=O) groups excluding carboxylic acids is 2. The van der Waals surface area contributed by atoms with E-state index in [9.17, 15) is 19.7 Å². The highest BCUT2D eigenvalue weighted by molar-refractivity contribution is 9.10. The van der Waals surface area contributed by atoms with Gasteiger partial charge in [0.1, 0.15) is 11.8 Å². The minimum atomic E-state index is -0.777. The molecule has 216 valence electrons. The van der Waals surface area contributed by atoms with Crippen molar-refractivity contribution in [1.29, 1.82) is 0 Å². The third-order valence-corrected chi connectivity index (χ3v) is 7.67. The number of methoxy groups -OCH3 is 1. The lowest BCUT2D eigenvalue weighted by atomic mass is 9.94. The number of halogens is 1. The molecule has 9 nitrogen and oxygen atoms in total. The minimum Gasteiger partial charge on any atom is -0.490 e. The summed E-state index contributed by atoms with van der Waals surface area (Å²) in [7, 11) is 1.33. The van der Waals surface area contributed by atoms with Crippen molar-refractivity contribution in [1.82, 2.24) is 10.2 Å². The van der Waals surface area contributed by atoms with E-state index in [0.717, 1.165) is 47.7 Å². The van der Waals surface area contributed by atoms with Gasteiger partial charge in [0, 0.05) is 35.6 Å². The summed E-state index contributed by atoms with van der Waals surface area (Å²) in [6, 6.07) is 20.6. The molecule has 3 aromatic carbocycles. The van der Waals surface area contributed by atoms with Gasteiger partial charge in [0.25, 0.3) is 5.91 Å². The van der Waals surface area contributed by atoms with Crippen molar-refractivity contribution in [3.8, 4) is 11.5 Å². The monoisotopic (exact) mass is 623 g/mol. The predicted molar refractivity (Wildman–Crippen MR) is 159 cm³/mol. The Kier molecular flexibility index (Phi) is 10.7. The first-order chi connectivity index (χ1) is 19.8. The summed E-state index contributed by atoms with van der Waals surface area (Å²) >= 11 is 3.50. The van der Waals surface area contributed by atoms with Gasteiger partial charge >= 0.3 is 5.69 Å². The van der Waals surface area contributed by atoms with Gasteiger partial charge in [0.15, 0.2) is 6.61 Å². The molecular formula is C31H34BrN3O6. The van der Waals surface area contributed by atoms with Crippen LogP contribution in [0.5, 0.6) is 11.5 Å². The number of nitrogens with zero attached hydrogens (tertiary/aromatic N) is 2. The number of hydrogen-bond acceptors (Lipinski definition) is 6. The van der Waals surface area contributed by atoms with Gasteiger partial charge in [-0.25, -0.2) is 0 Å². The third-order valence-electron chi connectivity index (χ3n) is 7.17. The number of nitro groups is 1. The first-order valence-corrected chi connectivity index (χ1v) is 14.5. The highest BCUT2D eigenvalue weighted by atomic mass is 79.9. The standard InChI is InChI=1S/C31H34BrN3O6/c1-40-29-19-26(15-16-27(29)35(38)39)41-21-30(36)34(20-23-11-8-12-24(32)17-23)28(18-22-9-4-2-5-10-22)31(37)33-25-13-6-3-7-14-25/h2,4-5,8-12,15-17,19,25,28H,3,6-7,13-14,18,20-21H2,1H3,(H,33,37)/t28-/m0/s1. The molecule has 1 N–H and O–H groups in total. The Morgan fingerprint density at radius 1 is 1.02 bits per heavy atom. The number of ether oxygens (including phenoxy) is 2. The van der Waals surface area contributed by atoms with Crippen LogP contribution in [-0.4, -0.2) is 47.4 Å². The highest BCUT2D eigenvalue weighted by Gasteiger charge is 2.32. The fourth-order valence-electron chi connectivity index (χ4n) is 5.06. The number of rotatable bonds is 12. The Morgan fingerprint density at radius 2 is 1.76 bits per heavy atom. The zero-order valence-corrected chi connectivity index (χ0v) is 24.5. The van der Waals surface area contributed by atoms with Crippen molar-refractivity contribution in [2.45, 2.75) is 57.2 Å². The van der Waals surface area contributed by atoms with Crippen LogP contribution in [0.4, 0.5) is 5.69 Å². The van der Waals surface area contributed by atoms with Gasteiger partial charge in [0.2, 0.25) is 11.7 Å². The van der Waals surface area contributed by atoms with Crippen LogP contribution in [0.3, 0.4) is 0 Å². The van der Waals surface area contributed by atoms with Crippen molar-refractivity contribution in [2.75, 3.05) is 13.7 Å². The number of carbonyl (C=O) groups is 2. The average molecular weight is 625 g/mol. The Labute approximate surface area is 248 Å². The third kappa shape index (κ3) is 8.53. The Balaban J connectivity index is 1.61. The second-order valence-electron chi connectivity index (χ2n) is 10.1. The van der Waals surface area contributed by atoms with E-state index in [0.29, 0.717) is 6.42 Å². The second-order valence-corrected chi connectivity index (χ2v) is 11.0. The van der Waals surface area contributed by atoms with Crippen LogP contribution in [0.25, 0.3) is 0 Å². The molecule has 4 rings (SSSR count). The quantitative estimate of drug-likeness (QED) is 0.201. The number of benzene rings is 3. The zero-order valence-electron chi connectivity index (χ0n) is 23.0. The van der Waals surface area contributed by atoms with Crippen molar-refractivity contribution < 1.29 is 24.0 Å². The molecule has 0 spiro atoms. The molecule has 1 saturated carbocycles. The molecule has 3 aromatic rings. The number of amides is 2. The van der Waals surface area contributed by atoms with Crippen LogP contribution in [-0.2, 0) is 22.6 Å². The first-order valence-electron chi connectivity index (χ1n) is 13.7. The van der Waals surface area contributed by atoms with Gasteiger partial charge in [-0.2, -0.15) is 0 Å². The van der Waals surface area contributed by atoms with Crippen LogP contribution in [0, 0.1) is 10.1 Å². The fourth-order valence-corrected chi connectivity index (χ4v) is 5.50. The Bertz CT molecular complexity index is 1350. The van der Waals surface area contributed by atoms with E-state index in [1.54, 1.807) is 4.90 Å². The van der Waals surface area contributed by atoms with Crippen LogP contribution in [0.1, 0.15) is 43.2 Å². The molecule has 0 heterocycles. The maximum atomic E-state index is 13.8. The fraction of sp³-hybridized carbons (Fsp3) is 0.355. The lowest BCUT2D eigenvalue weighted by molar-refractivity contribution is -0.385. The molecule has 0 aliphatic heterocycles. The van der Waals surface area contributed by atoms with Crippen molar-refractivity contribution >= 4 is 33.4 Å². The molecule has 1 atom stereocenters. The molecule has 41 heavy (non-hydrogen) atoms. The van der Waals surface area contributed by atoms with E-state index in [-0.39, 0.29) is 48.2 Å². The maximum Gasteiger partial charge on any atom is 0.311 e. The molecule has 1 aliphatic carbocycles. The SMILES string of the molecule is COc1cc(OCC(=O)N(Cc2cccc(Br)c2)[C@@H](Cc2ccccc2)C(=O)NC2CCCCC2)ccc1[N+](=O)[O-]. The summed E-state index contributed by atoms with van der Waals surface area (Å²) in [6.07, 6.45) is 5.49. The van der Waals surface area contributed by atoms with E-state index >= 15 is 0 Å². The van der Waals surface area contributed by atoms with E-state index in [2.05, 4.69) is 21.2 Å². The molecule has 0 bridgehead atoms. The first kappa shape index (κ1) is 30.0. The van der Waals surface area contributed by atoms with Crippen LogP contribution in [0.2, 0.25) is 0 Å². The Morgan fingerprint density at radius 3 is 2.44 bits per heavy atom. The molecule has 0 unspecified atom stereocenters. The summed E-state index contributed by atoms with van der Waals surface area (Å²) < 4.78 is 11.8.